The molecule has 0 unspecified atom stereocenters. The van der Waals surface area contributed by atoms with Crippen molar-refractivity contribution in [1.29, 1.82) is 5.26 Å². The van der Waals surface area contributed by atoms with Crippen LogP contribution in [0.25, 0.3) is 0 Å². The number of rotatable bonds is 5. The maximum Gasteiger partial charge on any atom is 0.236 e. The van der Waals surface area contributed by atoms with Gasteiger partial charge in [-0.2, -0.15) is 5.26 Å². The van der Waals surface area contributed by atoms with Gasteiger partial charge in [0.05, 0.1) is 29.7 Å². The number of para-hydroxylation sites is 1. The minimum Gasteiger partial charge on any atom is -0.392 e. The van der Waals surface area contributed by atoms with Crippen LogP contribution in [-0.2, 0) is 22.4 Å². The van der Waals surface area contributed by atoms with E-state index in [1.807, 2.05) is 6.07 Å². The summed E-state index contributed by atoms with van der Waals surface area (Å²) in [4.78, 5) is 0. The third kappa shape index (κ3) is 3.81. The van der Waals surface area contributed by atoms with Crippen LogP contribution >= 0.6 is 0 Å². The molecule has 0 aliphatic heterocycles. The van der Waals surface area contributed by atoms with Crippen molar-refractivity contribution in [3.8, 4) is 6.07 Å². The number of nitriles is 1. The smallest absolute Gasteiger partial charge is 0.236 e. The predicted octanol–water partition coefficient (Wildman–Crippen LogP) is 1.99. The number of benzene rings is 2. The van der Waals surface area contributed by atoms with Crippen LogP contribution < -0.4 is 4.72 Å². The Bertz CT molecular complexity index is 780. The molecule has 2 N–H and O–H groups in total. The molecular formula is C15H14N2O3S. The number of aliphatic hydroxyl groups excluding tert-OH is 1. The molecule has 2 aromatic carbocycles. The molecule has 0 aliphatic rings. The minimum absolute atomic E-state index is 0.256. The molecule has 0 fully saturated rings. The lowest BCUT2D eigenvalue weighted by Crippen LogP contribution is -2.16. The lowest BCUT2D eigenvalue weighted by atomic mass is 10.1. The van der Waals surface area contributed by atoms with Crippen molar-refractivity contribution in [1.82, 2.24) is 0 Å². The first-order valence-corrected chi connectivity index (χ1v) is 7.88. The largest absolute Gasteiger partial charge is 0.392 e. The molecule has 21 heavy (non-hydrogen) atoms. The minimum atomic E-state index is -3.67. The Morgan fingerprint density at radius 1 is 1.05 bits per heavy atom. The van der Waals surface area contributed by atoms with Crippen molar-refractivity contribution in [2.45, 2.75) is 12.4 Å². The van der Waals surface area contributed by atoms with E-state index in [1.165, 1.54) is 0 Å². The maximum atomic E-state index is 12.2. The number of aliphatic hydroxyl groups is 1. The van der Waals surface area contributed by atoms with Crippen molar-refractivity contribution in [2.24, 2.45) is 0 Å². The Hall–Kier alpha value is -2.36. The van der Waals surface area contributed by atoms with E-state index in [9.17, 15) is 13.5 Å². The molecule has 0 atom stereocenters. The van der Waals surface area contributed by atoms with Crippen LogP contribution in [-0.4, -0.2) is 13.5 Å². The maximum absolute atomic E-state index is 12.2. The monoisotopic (exact) mass is 302 g/mol. The van der Waals surface area contributed by atoms with Gasteiger partial charge in [-0.25, -0.2) is 8.42 Å². The summed E-state index contributed by atoms with van der Waals surface area (Å²) >= 11 is 0. The van der Waals surface area contributed by atoms with E-state index < -0.39 is 10.0 Å². The van der Waals surface area contributed by atoms with Crippen LogP contribution in [0.5, 0.6) is 0 Å². The number of hydrogen-bond acceptors (Lipinski definition) is 4. The van der Waals surface area contributed by atoms with Crippen LogP contribution in [0.3, 0.4) is 0 Å². The van der Waals surface area contributed by atoms with Gasteiger partial charge in [0.2, 0.25) is 10.0 Å². The van der Waals surface area contributed by atoms with E-state index in [4.69, 9.17) is 5.26 Å². The van der Waals surface area contributed by atoms with Crippen molar-refractivity contribution in [3.63, 3.8) is 0 Å². The van der Waals surface area contributed by atoms with Crippen molar-refractivity contribution >= 4 is 15.7 Å². The molecule has 6 heteroatoms. The Kier molecular flexibility index (Phi) is 4.58. The fourth-order valence-electron chi connectivity index (χ4n) is 1.92. The number of nitrogens with zero attached hydrogens (tertiary/aromatic N) is 1. The van der Waals surface area contributed by atoms with Gasteiger partial charge < -0.3 is 5.11 Å². The van der Waals surface area contributed by atoms with Crippen LogP contribution in [0.1, 0.15) is 16.7 Å². The predicted molar refractivity (Wildman–Crippen MR) is 79.8 cm³/mol. The number of hydrogen-bond donors (Lipinski definition) is 2. The highest BCUT2D eigenvalue weighted by molar-refractivity contribution is 7.91. The van der Waals surface area contributed by atoms with E-state index in [0.717, 1.165) is 0 Å². The van der Waals surface area contributed by atoms with Gasteiger partial charge in [0.1, 0.15) is 0 Å². The summed E-state index contributed by atoms with van der Waals surface area (Å²) in [6.07, 6.45) is 0. The van der Waals surface area contributed by atoms with Gasteiger partial charge in [0.25, 0.3) is 0 Å². The molecule has 108 valence electrons. The van der Waals surface area contributed by atoms with E-state index in [0.29, 0.717) is 22.4 Å². The SMILES string of the molecule is N#Cc1ccccc1CS(=O)(=O)Nc1ccccc1CO. The average Bonchev–Trinajstić information content (AvgIpc) is 2.47. The van der Waals surface area contributed by atoms with Gasteiger partial charge in [-0.05, 0) is 17.7 Å². The van der Waals surface area contributed by atoms with E-state index >= 15 is 0 Å². The van der Waals surface area contributed by atoms with E-state index in [2.05, 4.69) is 4.72 Å². The van der Waals surface area contributed by atoms with Crippen molar-refractivity contribution in [2.75, 3.05) is 4.72 Å². The lowest BCUT2D eigenvalue weighted by molar-refractivity contribution is 0.282. The molecule has 0 heterocycles. The molecular weight excluding hydrogens is 288 g/mol. The average molecular weight is 302 g/mol. The van der Waals surface area contributed by atoms with Gasteiger partial charge in [-0.15, -0.1) is 0 Å². The highest BCUT2D eigenvalue weighted by Gasteiger charge is 2.15. The first-order valence-electron chi connectivity index (χ1n) is 6.23. The number of nitrogens with one attached hydrogen (secondary N) is 1. The molecule has 5 nitrogen and oxygen atoms in total. The van der Waals surface area contributed by atoms with Crippen LogP contribution in [0.4, 0.5) is 5.69 Å². The Labute approximate surface area is 123 Å². The third-order valence-electron chi connectivity index (χ3n) is 2.94. The second-order valence-corrected chi connectivity index (χ2v) is 6.17. The quantitative estimate of drug-likeness (QED) is 0.883. The second kappa shape index (κ2) is 6.39. The third-order valence-corrected chi connectivity index (χ3v) is 4.16. The van der Waals surface area contributed by atoms with Crippen LogP contribution in [0.2, 0.25) is 0 Å². The van der Waals surface area contributed by atoms with Crippen LogP contribution in [0.15, 0.2) is 48.5 Å². The highest BCUT2D eigenvalue weighted by Crippen LogP contribution is 2.19. The molecule has 0 amide bonds. The van der Waals surface area contributed by atoms with Gasteiger partial charge >= 0.3 is 0 Å². The summed E-state index contributed by atoms with van der Waals surface area (Å²) < 4.78 is 26.8. The molecule has 2 rings (SSSR count). The first kappa shape index (κ1) is 15.0. The Balaban J connectivity index is 2.25. The van der Waals surface area contributed by atoms with Gasteiger partial charge in [-0.3, -0.25) is 4.72 Å². The molecule has 0 saturated carbocycles. The summed E-state index contributed by atoms with van der Waals surface area (Å²) in [5.74, 6) is -0.295. The number of sulfonamides is 1. The summed E-state index contributed by atoms with van der Waals surface area (Å²) in [7, 11) is -3.67. The summed E-state index contributed by atoms with van der Waals surface area (Å²) in [5, 5.41) is 18.2. The van der Waals surface area contributed by atoms with Gasteiger partial charge in [0, 0.05) is 5.56 Å². The fraction of sp³-hybridized carbons (Fsp3) is 0.133. The zero-order valence-electron chi connectivity index (χ0n) is 11.2. The van der Waals surface area contributed by atoms with Crippen LogP contribution in [0, 0.1) is 11.3 Å². The summed E-state index contributed by atoms with van der Waals surface area (Å²) in [6, 6.07) is 15.1. The fourth-order valence-corrected chi connectivity index (χ4v) is 3.19. The lowest BCUT2D eigenvalue weighted by Gasteiger charge is -2.11. The van der Waals surface area contributed by atoms with Crippen molar-refractivity contribution < 1.29 is 13.5 Å². The summed E-state index contributed by atoms with van der Waals surface area (Å²) in [5.41, 5.74) is 1.61. The molecule has 0 aromatic heterocycles. The Morgan fingerprint density at radius 3 is 2.33 bits per heavy atom. The second-order valence-electron chi connectivity index (χ2n) is 4.45. The van der Waals surface area contributed by atoms with Crippen molar-refractivity contribution in [3.05, 3.63) is 65.2 Å². The van der Waals surface area contributed by atoms with E-state index in [1.54, 1.807) is 48.5 Å². The normalized spacial score (nSPS) is 10.9. The van der Waals surface area contributed by atoms with E-state index in [-0.39, 0.29) is 12.4 Å². The molecule has 0 aliphatic carbocycles. The molecule has 0 radical (unpaired) electrons. The molecule has 2 aromatic rings. The van der Waals surface area contributed by atoms with Gasteiger partial charge in [0.15, 0.2) is 0 Å². The molecule has 0 saturated heterocycles. The zero-order valence-corrected chi connectivity index (χ0v) is 12.0. The summed E-state index contributed by atoms with van der Waals surface area (Å²) in [6.45, 7) is -0.256. The Morgan fingerprint density at radius 2 is 1.67 bits per heavy atom. The van der Waals surface area contributed by atoms with Gasteiger partial charge in [-0.1, -0.05) is 36.4 Å². The molecule has 0 bridgehead atoms. The molecule has 0 spiro atoms. The number of anilines is 1. The first-order chi connectivity index (χ1) is 10.1. The zero-order chi connectivity index (χ0) is 15.3. The standard InChI is InChI=1S/C15H14N2O3S/c16-9-12-5-1-2-7-14(12)11-21(19,20)17-15-8-4-3-6-13(15)10-18/h1-8,17-18H,10-11H2. The topological polar surface area (TPSA) is 90.2 Å². The highest BCUT2D eigenvalue weighted by atomic mass is 32.2.